The summed E-state index contributed by atoms with van der Waals surface area (Å²) in [4.78, 5) is 11.3. The molecule has 3 aromatic rings. The van der Waals surface area contributed by atoms with Crippen molar-refractivity contribution in [3.63, 3.8) is 0 Å². The second-order valence-electron chi connectivity index (χ2n) is 12.0. The monoisotopic (exact) mass is 454 g/mol. The van der Waals surface area contributed by atoms with Crippen LogP contribution in [0.25, 0.3) is 22.5 Å². The van der Waals surface area contributed by atoms with Crippen molar-refractivity contribution in [3.8, 4) is 22.5 Å². The molecule has 1 heterocycles. The molecule has 0 spiro atoms. The lowest BCUT2D eigenvalue weighted by Gasteiger charge is -2.43. The van der Waals surface area contributed by atoms with Gasteiger partial charge in [0.2, 0.25) is 0 Å². The van der Waals surface area contributed by atoms with Crippen molar-refractivity contribution >= 4 is 5.97 Å². The number of carboxylic acid groups (broad SMARTS) is 1. The number of fused-ring (bicyclic) bond motifs is 4. The number of aromatic nitrogens is 2. The van der Waals surface area contributed by atoms with Gasteiger partial charge in [-0.2, -0.15) is 5.10 Å². The SMILES string of the molecule is CC1(C)CCC(C)(C)c2cc3c(cc21)CCc1c(-c2ccc(C(=O)O)cc2)nn(CC2CC2)c1-3. The third-order valence-corrected chi connectivity index (χ3v) is 8.56. The van der Waals surface area contributed by atoms with Gasteiger partial charge in [0.15, 0.2) is 0 Å². The molecule has 4 nitrogen and oxygen atoms in total. The molecule has 0 radical (unpaired) electrons. The van der Waals surface area contributed by atoms with Crippen LogP contribution in [-0.2, 0) is 30.2 Å². The van der Waals surface area contributed by atoms with Crippen molar-refractivity contribution in [2.24, 2.45) is 5.92 Å². The van der Waals surface area contributed by atoms with Gasteiger partial charge in [-0.3, -0.25) is 4.68 Å². The second-order valence-corrected chi connectivity index (χ2v) is 12.0. The number of benzene rings is 2. The molecule has 0 atom stereocenters. The molecule has 1 aromatic heterocycles. The lowest BCUT2D eigenvalue weighted by molar-refractivity contribution is 0.0697. The maximum absolute atomic E-state index is 11.3. The molecule has 0 amide bonds. The molecule has 176 valence electrons. The van der Waals surface area contributed by atoms with Crippen LogP contribution in [0.2, 0.25) is 0 Å². The van der Waals surface area contributed by atoms with E-state index in [0.29, 0.717) is 5.56 Å². The van der Waals surface area contributed by atoms with Crippen LogP contribution in [-0.4, -0.2) is 20.9 Å². The van der Waals surface area contributed by atoms with Crippen LogP contribution in [0.3, 0.4) is 0 Å². The van der Waals surface area contributed by atoms with Gasteiger partial charge in [0.1, 0.15) is 0 Å². The Morgan fingerprint density at radius 2 is 1.65 bits per heavy atom. The molecule has 34 heavy (non-hydrogen) atoms. The van der Waals surface area contributed by atoms with Crippen molar-refractivity contribution in [2.45, 2.75) is 83.6 Å². The first kappa shape index (κ1) is 21.6. The highest BCUT2D eigenvalue weighted by Crippen LogP contribution is 2.50. The molecule has 2 aromatic carbocycles. The minimum absolute atomic E-state index is 0.175. The van der Waals surface area contributed by atoms with Crippen molar-refractivity contribution in [1.82, 2.24) is 9.78 Å². The molecule has 0 aliphatic heterocycles. The fourth-order valence-electron chi connectivity index (χ4n) is 6.06. The lowest BCUT2D eigenvalue weighted by Crippen LogP contribution is -2.34. The number of nitrogens with zero attached hydrogens (tertiary/aromatic N) is 2. The Morgan fingerprint density at radius 1 is 1.00 bits per heavy atom. The normalized spacial score (nSPS) is 19.8. The van der Waals surface area contributed by atoms with Crippen LogP contribution < -0.4 is 0 Å². The molecule has 3 aliphatic carbocycles. The molecule has 0 saturated heterocycles. The predicted molar refractivity (Wildman–Crippen MR) is 135 cm³/mol. The molecule has 0 bridgehead atoms. The fourth-order valence-corrected chi connectivity index (χ4v) is 6.06. The molecule has 1 saturated carbocycles. The van der Waals surface area contributed by atoms with Gasteiger partial charge in [-0.05, 0) is 90.2 Å². The van der Waals surface area contributed by atoms with E-state index in [0.717, 1.165) is 36.6 Å². The minimum Gasteiger partial charge on any atom is -0.478 e. The average Bonchev–Trinajstić information content (AvgIpc) is 3.55. The van der Waals surface area contributed by atoms with E-state index in [9.17, 15) is 9.90 Å². The second kappa shape index (κ2) is 7.31. The maximum atomic E-state index is 11.3. The number of carbonyl (C=O) groups is 1. The highest BCUT2D eigenvalue weighted by atomic mass is 16.4. The van der Waals surface area contributed by atoms with Crippen LogP contribution in [0, 0.1) is 5.92 Å². The van der Waals surface area contributed by atoms with E-state index in [1.165, 1.54) is 59.2 Å². The highest BCUT2D eigenvalue weighted by molar-refractivity contribution is 5.88. The summed E-state index contributed by atoms with van der Waals surface area (Å²) in [5.41, 5.74) is 11.2. The predicted octanol–water partition coefficient (Wildman–Crippen LogP) is 6.77. The molecule has 1 fully saturated rings. The number of aryl methyl sites for hydroxylation is 1. The van der Waals surface area contributed by atoms with Crippen molar-refractivity contribution in [2.75, 3.05) is 0 Å². The topological polar surface area (TPSA) is 55.1 Å². The average molecular weight is 455 g/mol. The quantitative estimate of drug-likeness (QED) is 0.473. The molecule has 0 unspecified atom stereocenters. The van der Waals surface area contributed by atoms with Gasteiger partial charge in [-0.15, -0.1) is 0 Å². The summed E-state index contributed by atoms with van der Waals surface area (Å²) in [6.07, 6.45) is 7.02. The first-order valence-electron chi connectivity index (χ1n) is 12.8. The van der Waals surface area contributed by atoms with E-state index in [-0.39, 0.29) is 10.8 Å². The van der Waals surface area contributed by atoms with Crippen LogP contribution in [0.5, 0.6) is 0 Å². The smallest absolute Gasteiger partial charge is 0.335 e. The Labute approximate surface area is 202 Å². The van der Waals surface area contributed by atoms with Gasteiger partial charge in [-0.25, -0.2) is 4.79 Å². The first-order chi connectivity index (χ1) is 16.1. The lowest BCUT2D eigenvalue weighted by atomic mass is 9.62. The summed E-state index contributed by atoms with van der Waals surface area (Å²) in [6.45, 7) is 10.6. The zero-order valence-corrected chi connectivity index (χ0v) is 20.7. The molecule has 3 aliphatic rings. The summed E-state index contributed by atoms with van der Waals surface area (Å²) in [6, 6.07) is 12.3. The highest BCUT2D eigenvalue weighted by Gasteiger charge is 2.39. The van der Waals surface area contributed by atoms with Gasteiger partial charge in [0.05, 0.1) is 17.0 Å². The number of aromatic carboxylic acids is 1. The first-order valence-corrected chi connectivity index (χ1v) is 12.8. The minimum atomic E-state index is -0.892. The molecule has 1 N–H and O–H groups in total. The van der Waals surface area contributed by atoms with E-state index in [1.807, 2.05) is 12.1 Å². The van der Waals surface area contributed by atoms with Crippen molar-refractivity contribution < 1.29 is 9.90 Å². The van der Waals surface area contributed by atoms with Gasteiger partial charge in [0.25, 0.3) is 0 Å². The van der Waals surface area contributed by atoms with E-state index in [4.69, 9.17) is 5.10 Å². The molecule has 6 rings (SSSR count). The standard InChI is InChI=1S/C30H34N2O2/c1-29(2)13-14-30(3,4)25-16-23-21(15-24(25)29)11-12-22-26(19-7-9-20(10-8-19)28(33)34)31-32(27(22)23)17-18-5-6-18/h7-10,15-16,18H,5-6,11-14,17H2,1-4H3,(H,33,34). The maximum Gasteiger partial charge on any atom is 0.335 e. The summed E-state index contributed by atoms with van der Waals surface area (Å²) in [5, 5.41) is 14.5. The van der Waals surface area contributed by atoms with Crippen LogP contribution in [0.15, 0.2) is 36.4 Å². The third-order valence-electron chi connectivity index (χ3n) is 8.56. The van der Waals surface area contributed by atoms with Gasteiger partial charge in [-0.1, -0.05) is 45.9 Å². The largest absolute Gasteiger partial charge is 0.478 e. The molecular weight excluding hydrogens is 420 g/mol. The zero-order valence-electron chi connectivity index (χ0n) is 20.7. The summed E-state index contributed by atoms with van der Waals surface area (Å²) >= 11 is 0. The van der Waals surface area contributed by atoms with Crippen LogP contribution in [0.1, 0.15) is 86.0 Å². The van der Waals surface area contributed by atoms with Crippen LogP contribution in [0.4, 0.5) is 0 Å². The third kappa shape index (κ3) is 3.41. The summed E-state index contributed by atoms with van der Waals surface area (Å²) < 4.78 is 2.28. The van der Waals surface area contributed by atoms with Gasteiger partial charge >= 0.3 is 5.97 Å². The molecule has 4 heteroatoms. The number of hydrogen-bond acceptors (Lipinski definition) is 2. The summed E-state index contributed by atoms with van der Waals surface area (Å²) in [5.74, 6) is -0.165. The Bertz CT molecular complexity index is 1310. The van der Waals surface area contributed by atoms with Crippen molar-refractivity contribution in [1.29, 1.82) is 0 Å². The Balaban J connectivity index is 1.54. The van der Waals surface area contributed by atoms with E-state index >= 15 is 0 Å². The summed E-state index contributed by atoms with van der Waals surface area (Å²) in [7, 11) is 0. The van der Waals surface area contributed by atoms with Crippen molar-refractivity contribution in [3.05, 3.63) is 64.2 Å². The Morgan fingerprint density at radius 3 is 2.26 bits per heavy atom. The van der Waals surface area contributed by atoms with Gasteiger partial charge < -0.3 is 5.11 Å². The molecular formula is C30H34N2O2. The van der Waals surface area contributed by atoms with Crippen LogP contribution >= 0.6 is 0 Å². The number of carboxylic acids is 1. The zero-order chi connectivity index (χ0) is 23.8. The van der Waals surface area contributed by atoms with E-state index < -0.39 is 5.97 Å². The van der Waals surface area contributed by atoms with Gasteiger partial charge in [0, 0.05) is 23.2 Å². The number of rotatable bonds is 4. The van der Waals surface area contributed by atoms with E-state index in [2.05, 4.69) is 44.5 Å². The van der Waals surface area contributed by atoms with E-state index in [1.54, 1.807) is 12.1 Å². The number of hydrogen-bond donors (Lipinski definition) is 1. The Kier molecular flexibility index (Phi) is 4.65. The fraction of sp³-hybridized carbons (Fsp3) is 0.467. The Hall–Kier alpha value is -2.88.